The highest BCUT2D eigenvalue weighted by atomic mass is 19.2. The smallest absolute Gasteiger partial charge is 0.200 e. The molecule has 0 amide bonds. The number of aliphatic hydroxyl groups is 1. The fourth-order valence-electron chi connectivity index (χ4n) is 1.27. The summed E-state index contributed by atoms with van der Waals surface area (Å²) in [6, 6.07) is 1.59. The van der Waals surface area contributed by atoms with Gasteiger partial charge in [-0.3, -0.25) is 0 Å². The van der Waals surface area contributed by atoms with E-state index in [0.717, 1.165) is 6.07 Å². The molecule has 5 heteroatoms. The van der Waals surface area contributed by atoms with Crippen molar-refractivity contribution >= 4 is 0 Å². The van der Waals surface area contributed by atoms with Gasteiger partial charge in [0.1, 0.15) is 0 Å². The number of benzene rings is 1. The third-order valence-electron chi connectivity index (χ3n) is 2.10. The van der Waals surface area contributed by atoms with E-state index < -0.39 is 23.8 Å². The molecule has 0 aliphatic carbocycles. The van der Waals surface area contributed by atoms with E-state index in [1.807, 2.05) is 0 Å². The zero-order valence-corrected chi connectivity index (χ0v) is 8.50. The molecule has 0 fully saturated rings. The van der Waals surface area contributed by atoms with E-state index in [-0.39, 0.29) is 11.3 Å². The van der Waals surface area contributed by atoms with E-state index in [4.69, 9.17) is 10.5 Å². The molecule has 0 heterocycles. The summed E-state index contributed by atoms with van der Waals surface area (Å²) < 4.78 is 30.8. The quantitative estimate of drug-likeness (QED) is 0.803. The number of halogens is 2. The van der Waals surface area contributed by atoms with Gasteiger partial charge in [-0.15, -0.1) is 0 Å². The Morgan fingerprint density at radius 1 is 1.40 bits per heavy atom. The Bertz CT molecular complexity index is 356. The van der Waals surface area contributed by atoms with Gasteiger partial charge in [0.15, 0.2) is 11.6 Å². The monoisotopic (exact) mass is 217 g/mol. The van der Waals surface area contributed by atoms with Crippen LogP contribution in [-0.2, 0) is 0 Å². The first kappa shape index (κ1) is 11.9. The Morgan fingerprint density at radius 2 is 2.00 bits per heavy atom. The highest BCUT2D eigenvalue weighted by Gasteiger charge is 2.21. The van der Waals surface area contributed by atoms with Crippen LogP contribution in [0.1, 0.15) is 18.6 Å². The second-order valence-electron chi connectivity index (χ2n) is 3.29. The van der Waals surface area contributed by atoms with Crippen molar-refractivity contribution in [3.05, 3.63) is 29.3 Å². The molecule has 1 aromatic carbocycles. The van der Waals surface area contributed by atoms with Gasteiger partial charge in [0, 0.05) is 11.6 Å². The van der Waals surface area contributed by atoms with Gasteiger partial charge in [-0.2, -0.15) is 4.39 Å². The summed E-state index contributed by atoms with van der Waals surface area (Å²) in [6.07, 6.45) is -1.09. The number of aliphatic hydroxyl groups excluding tert-OH is 1. The van der Waals surface area contributed by atoms with Crippen LogP contribution in [0.25, 0.3) is 0 Å². The Hall–Kier alpha value is -1.20. The Morgan fingerprint density at radius 3 is 2.47 bits per heavy atom. The predicted molar refractivity (Wildman–Crippen MR) is 51.5 cm³/mol. The summed E-state index contributed by atoms with van der Waals surface area (Å²) in [5.74, 6) is -2.44. The largest absolute Gasteiger partial charge is 0.493 e. The first-order valence-electron chi connectivity index (χ1n) is 4.44. The lowest BCUT2D eigenvalue weighted by Gasteiger charge is -2.18. The Balaban J connectivity index is 3.24. The van der Waals surface area contributed by atoms with Crippen molar-refractivity contribution in [2.75, 3.05) is 7.11 Å². The van der Waals surface area contributed by atoms with Crippen LogP contribution >= 0.6 is 0 Å². The second kappa shape index (κ2) is 4.55. The van der Waals surface area contributed by atoms with Crippen LogP contribution in [0.15, 0.2) is 12.1 Å². The molecule has 3 N–H and O–H groups in total. The normalized spacial score (nSPS) is 14.8. The zero-order valence-electron chi connectivity index (χ0n) is 8.50. The van der Waals surface area contributed by atoms with Crippen molar-refractivity contribution in [2.45, 2.75) is 19.1 Å². The first-order valence-corrected chi connectivity index (χ1v) is 4.44. The van der Waals surface area contributed by atoms with Crippen molar-refractivity contribution in [1.29, 1.82) is 0 Å². The molecule has 84 valence electrons. The lowest BCUT2D eigenvalue weighted by molar-refractivity contribution is 0.148. The van der Waals surface area contributed by atoms with E-state index in [9.17, 15) is 13.9 Å². The third-order valence-corrected chi connectivity index (χ3v) is 2.10. The topological polar surface area (TPSA) is 55.5 Å². The first-order chi connectivity index (χ1) is 6.99. The fourth-order valence-corrected chi connectivity index (χ4v) is 1.27. The molecule has 0 saturated carbocycles. The lowest BCUT2D eigenvalue weighted by Crippen LogP contribution is -2.25. The maximum Gasteiger partial charge on any atom is 0.200 e. The Labute approximate surface area is 86.5 Å². The summed E-state index contributed by atoms with van der Waals surface area (Å²) in [5.41, 5.74) is 5.60. The van der Waals surface area contributed by atoms with Crippen LogP contribution < -0.4 is 10.5 Å². The zero-order chi connectivity index (χ0) is 11.6. The SMILES string of the molecule is COc1c([C@H](O)[C@@H](C)N)ccc(F)c1F. The molecule has 15 heavy (non-hydrogen) atoms. The standard InChI is InChI=1S/C10H13F2NO2/c1-5(13)9(14)6-3-4-7(11)8(12)10(6)15-2/h3-5,9,14H,13H2,1-2H3/t5-,9-/m1/s1. The molecular weight excluding hydrogens is 204 g/mol. The third kappa shape index (κ3) is 2.24. The van der Waals surface area contributed by atoms with Crippen molar-refractivity contribution in [3.8, 4) is 5.75 Å². The van der Waals surface area contributed by atoms with Gasteiger partial charge in [0.05, 0.1) is 13.2 Å². The van der Waals surface area contributed by atoms with Gasteiger partial charge in [-0.25, -0.2) is 4.39 Å². The van der Waals surface area contributed by atoms with E-state index in [1.54, 1.807) is 6.92 Å². The number of nitrogens with two attached hydrogens (primary N) is 1. The van der Waals surface area contributed by atoms with Crippen LogP contribution in [0.3, 0.4) is 0 Å². The molecule has 0 aliphatic rings. The van der Waals surface area contributed by atoms with Crippen molar-refractivity contribution in [1.82, 2.24) is 0 Å². The average molecular weight is 217 g/mol. The summed E-state index contributed by atoms with van der Waals surface area (Å²) in [6.45, 7) is 1.56. The number of hydrogen-bond acceptors (Lipinski definition) is 3. The molecule has 2 atom stereocenters. The van der Waals surface area contributed by atoms with Gasteiger partial charge in [-0.1, -0.05) is 0 Å². The molecule has 0 aromatic heterocycles. The van der Waals surface area contributed by atoms with Crippen LogP contribution in [0.2, 0.25) is 0 Å². The summed E-state index contributed by atoms with van der Waals surface area (Å²) >= 11 is 0. The number of ether oxygens (including phenoxy) is 1. The molecule has 0 spiro atoms. The van der Waals surface area contributed by atoms with Crippen LogP contribution in [0.4, 0.5) is 8.78 Å². The molecule has 3 nitrogen and oxygen atoms in total. The predicted octanol–water partition coefficient (Wildman–Crippen LogP) is 1.35. The molecule has 0 unspecified atom stereocenters. The molecular formula is C10H13F2NO2. The highest BCUT2D eigenvalue weighted by molar-refractivity contribution is 5.37. The minimum Gasteiger partial charge on any atom is -0.493 e. The number of hydrogen-bond donors (Lipinski definition) is 2. The lowest BCUT2D eigenvalue weighted by atomic mass is 10.0. The van der Waals surface area contributed by atoms with E-state index in [1.165, 1.54) is 13.2 Å². The van der Waals surface area contributed by atoms with Crippen LogP contribution in [-0.4, -0.2) is 18.3 Å². The molecule has 0 saturated heterocycles. The molecule has 1 aromatic rings. The Kier molecular flexibility index (Phi) is 3.60. The number of methoxy groups -OCH3 is 1. The average Bonchev–Trinajstić information content (AvgIpc) is 2.20. The summed E-state index contributed by atoms with van der Waals surface area (Å²) in [5, 5.41) is 9.63. The van der Waals surface area contributed by atoms with Gasteiger partial charge < -0.3 is 15.6 Å². The van der Waals surface area contributed by atoms with E-state index >= 15 is 0 Å². The number of rotatable bonds is 3. The van der Waals surface area contributed by atoms with Gasteiger partial charge in [0.25, 0.3) is 0 Å². The van der Waals surface area contributed by atoms with E-state index in [0.29, 0.717) is 0 Å². The second-order valence-corrected chi connectivity index (χ2v) is 3.29. The van der Waals surface area contributed by atoms with Crippen LogP contribution in [0.5, 0.6) is 5.75 Å². The maximum atomic E-state index is 13.2. The molecule has 1 rings (SSSR count). The van der Waals surface area contributed by atoms with Crippen molar-refractivity contribution in [3.63, 3.8) is 0 Å². The van der Waals surface area contributed by atoms with Gasteiger partial charge in [-0.05, 0) is 19.1 Å². The van der Waals surface area contributed by atoms with Crippen molar-refractivity contribution in [2.24, 2.45) is 5.73 Å². The molecule has 0 radical (unpaired) electrons. The maximum absolute atomic E-state index is 13.2. The fraction of sp³-hybridized carbons (Fsp3) is 0.400. The van der Waals surface area contributed by atoms with Crippen molar-refractivity contribution < 1.29 is 18.6 Å². The molecule has 0 aliphatic heterocycles. The molecule has 0 bridgehead atoms. The van der Waals surface area contributed by atoms with Gasteiger partial charge in [0.2, 0.25) is 5.82 Å². The van der Waals surface area contributed by atoms with Crippen LogP contribution in [0, 0.1) is 11.6 Å². The van der Waals surface area contributed by atoms with E-state index in [2.05, 4.69) is 0 Å². The highest BCUT2D eigenvalue weighted by Crippen LogP contribution is 2.30. The summed E-state index contributed by atoms with van der Waals surface area (Å²) in [4.78, 5) is 0. The van der Waals surface area contributed by atoms with Gasteiger partial charge >= 0.3 is 0 Å². The minimum absolute atomic E-state index is 0.145. The summed E-state index contributed by atoms with van der Waals surface area (Å²) in [7, 11) is 1.20. The minimum atomic E-state index is -1.12.